The number of likely N-dealkylation sites (tertiary alicyclic amines) is 1. The molecule has 126 valence electrons. The Balaban J connectivity index is 1.34. The van der Waals surface area contributed by atoms with Crippen molar-refractivity contribution in [3.8, 4) is 0 Å². The molecule has 7 nitrogen and oxygen atoms in total. The van der Waals surface area contributed by atoms with E-state index >= 15 is 0 Å². The molecule has 2 aromatic heterocycles. The van der Waals surface area contributed by atoms with Crippen LogP contribution >= 0.6 is 0 Å². The van der Waals surface area contributed by atoms with Gasteiger partial charge in [-0.1, -0.05) is 5.16 Å². The fraction of sp³-hybridized carbons (Fsp3) is 0.588. The first kappa shape index (κ1) is 15.2. The fourth-order valence-corrected chi connectivity index (χ4v) is 3.18. The second-order valence-electron chi connectivity index (χ2n) is 6.64. The summed E-state index contributed by atoms with van der Waals surface area (Å²) >= 11 is 0. The molecule has 0 N–H and O–H groups in total. The molecule has 0 bridgehead atoms. The predicted octanol–water partition coefficient (Wildman–Crippen LogP) is 2.08. The molecule has 7 heteroatoms. The Labute approximate surface area is 140 Å². The van der Waals surface area contributed by atoms with Crippen molar-refractivity contribution in [3.05, 3.63) is 36.0 Å². The molecule has 1 atom stereocenters. The van der Waals surface area contributed by atoms with Gasteiger partial charge in [0.25, 0.3) is 0 Å². The Morgan fingerprint density at radius 3 is 3.00 bits per heavy atom. The molecule has 1 aliphatic carbocycles. The minimum absolute atomic E-state index is 0.171. The van der Waals surface area contributed by atoms with Crippen molar-refractivity contribution in [2.45, 2.75) is 50.4 Å². The first-order valence-electron chi connectivity index (χ1n) is 8.66. The molecule has 1 aliphatic heterocycles. The largest absolute Gasteiger partial charge is 0.342 e. The van der Waals surface area contributed by atoms with Crippen LogP contribution in [0.25, 0.3) is 0 Å². The van der Waals surface area contributed by atoms with Crippen LogP contribution in [-0.4, -0.2) is 44.0 Å². The zero-order chi connectivity index (χ0) is 16.4. The second-order valence-corrected chi connectivity index (χ2v) is 6.64. The summed E-state index contributed by atoms with van der Waals surface area (Å²) in [5.41, 5.74) is 0.902. The van der Waals surface area contributed by atoms with Gasteiger partial charge in [0.15, 0.2) is 5.82 Å². The first-order valence-corrected chi connectivity index (χ1v) is 8.66. The van der Waals surface area contributed by atoms with Gasteiger partial charge in [-0.2, -0.15) is 4.98 Å². The monoisotopic (exact) mass is 327 g/mol. The summed E-state index contributed by atoms with van der Waals surface area (Å²) in [5.74, 6) is 2.38. The third-order valence-corrected chi connectivity index (χ3v) is 4.76. The van der Waals surface area contributed by atoms with Crippen LogP contribution in [0.5, 0.6) is 0 Å². The van der Waals surface area contributed by atoms with Crippen molar-refractivity contribution in [2.24, 2.45) is 0 Å². The third-order valence-electron chi connectivity index (χ3n) is 4.76. The lowest BCUT2D eigenvalue weighted by Crippen LogP contribution is -2.39. The van der Waals surface area contributed by atoms with Crippen molar-refractivity contribution >= 4 is 5.91 Å². The lowest BCUT2D eigenvalue weighted by atomic mass is 9.97. The number of piperidine rings is 1. The molecule has 24 heavy (non-hydrogen) atoms. The SMILES string of the molecule is O=C(CCc1ccncn1)N1CCCC(c2noc(C3CC3)n2)C1. The highest BCUT2D eigenvalue weighted by Gasteiger charge is 2.32. The van der Waals surface area contributed by atoms with E-state index in [2.05, 4.69) is 20.1 Å². The molecule has 4 rings (SSSR count). The molecule has 2 aromatic rings. The van der Waals surface area contributed by atoms with Crippen LogP contribution in [0.3, 0.4) is 0 Å². The van der Waals surface area contributed by atoms with Gasteiger partial charge in [0.1, 0.15) is 6.33 Å². The number of hydrogen-bond donors (Lipinski definition) is 0. The minimum Gasteiger partial charge on any atom is -0.342 e. The van der Waals surface area contributed by atoms with Gasteiger partial charge in [0, 0.05) is 43.2 Å². The smallest absolute Gasteiger partial charge is 0.229 e. The van der Waals surface area contributed by atoms with Crippen LogP contribution in [0.15, 0.2) is 23.1 Å². The van der Waals surface area contributed by atoms with Crippen molar-refractivity contribution in [1.29, 1.82) is 0 Å². The Hall–Kier alpha value is -2.31. The molecule has 1 unspecified atom stereocenters. The summed E-state index contributed by atoms with van der Waals surface area (Å²) in [6.45, 7) is 1.50. The maximum absolute atomic E-state index is 12.5. The average Bonchev–Trinajstić information content (AvgIpc) is 3.37. The molecular weight excluding hydrogens is 306 g/mol. The van der Waals surface area contributed by atoms with E-state index in [1.165, 1.54) is 6.33 Å². The van der Waals surface area contributed by atoms with E-state index in [0.717, 1.165) is 49.6 Å². The fourth-order valence-electron chi connectivity index (χ4n) is 3.18. The zero-order valence-corrected chi connectivity index (χ0v) is 13.6. The van der Waals surface area contributed by atoms with Gasteiger partial charge in [-0.05, 0) is 38.2 Å². The minimum atomic E-state index is 0.171. The summed E-state index contributed by atoms with van der Waals surface area (Å²) in [6.07, 6.45) is 8.65. The quantitative estimate of drug-likeness (QED) is 0.836. The summed E-state index contributed by atoms with van der Waals surface area (Å²) in [7, 11) is 0. The van der Waals surface area contributed by atoms with E-state index in [1.54, 1.807) is 6.20 Å². The number of carbonyl (C=O) groups is 1. The topological polar surface area (TPSA) is 85.0 Å². The number of nitrogens with zero attached hydrogens (tertiary/aromatic N) is 5. The number of aryl methyl sites for hydroxylation is 1. The highest BCUT2D eigenvalue weighted by atomic mass is 16.5. The molecule has 3 heterocycles. The number of aromatic nitrogens is 4. The van der Waals surface area contributed by atoms with E-state index in [9.17, 15) is 4.79 Å². The molecule has 0 aromatic carbocycles. The Bertz CT molecular complexity index is 698. The summed E-state index contributed by atoms with van der Waals surface area (Å²) in [4.78, 5) is 27.0. The van der Waals surface area contributed by atoms with Gasteiger partial charge in [-0.25, -0.2) is 9.97 Å². The van der Waals surface area contributed by atoms with Crippen LogP contribution in [0.1, 0.15) is 61.3 Å². The highest BCUT2D eigenvalue weighted by molar-refractivity contribution is 5.76. The van der Waals surface area contributed by atoms with Crippen LogP contribution < -0.4 is 0 Å². The average molecular weight is 327 g/mol. The Morgan fingerprint density at radius 2 is 2.21 bits per heavy atom. The maximum Gasteiger partial charge on any atom is 0.229 e. The van der Waals surface area contributed by atoms with E-state index < -0.39 is 0 Å². The van der Waals surface area contributed by atoms with E-state index in [0.29, 0.717) is 25.3 Å². The summed E-state index contributed by atoms with van der Waals surface area (Å²) in [6, 6.07) is 1.85. The predicted molar refractivity (Wildman–Crippen MR) is 85.2 cm³/mol. The van der Waals surface area contributed by atoms with Crippen LogP contribution in [0.2, 0.25) is 0 Å². The summed E-state index contributed by atoms with van der Waals surface area (Å²) < 4.78 is 5.36. The lowest BCUT2D eigenvalue weighted by Gasteiger charge is -2.31. The highest BCUT2D eigenvalue weighted by Crippen LogP contribution is 2.39. The molecule has 0 spiro atoms. The second kappa shape index (κ2) is 6.67. The Kier molecular flexibility index (Phi) is 4.23. The molecule has 2 aliphatic rings. The van der Waals surface area contributed by atoms with Gasteiger partial charge in [0.05, 0.1) is 0 Å². The van der Waals surface area contributed by atoms with Crippen LogP contribution in [0.4, 0.5) is 0 Å². The van der Waals surface area contributed by atoms with Gasteiger partial charge < -0.3 is 9.42 Å². The number of rotatable bonds is 5. The first-order chi connectivity index (χ1) is 11.8. The maximum atomic E-state index is 12.5. The molecule has 1 amide bonds. The zero-order valence-electron chi connectivity index (χ0n) is 13.6. The van der Waals surface area contributed by atoms with Crippen molar-refractivity contribution in [2.75, 3.05) is 13.1 Å². The molecule has 1 saturated carbocycles. The molecule has 2 fully saturated rings. The molecule has 0 radical (unpaired) electrons. The lowest BCUT2D eigenvalue weighted by molar-refractivity contribution is -0.132. The third kappa shape index (κ3) is 3.44. The van der Waals surface area contributed by atoms with Gasteiger partial charge in [-0.3, -0.25) is 4.79 Å². The normalized spacial score (nSPS) is 21.0. The van der Waals surface area contributed by atoms with Crippen molar-refractivity contribution in [3.63, 3.8) is 0 Å². The van der Waals surface area contributed by atoms with Gasteiger partial charge in [-0.15, -0.1) is 0 Å². The van der Waals surface area contributed by atoms with Gasteiger partial charge in [0.2, 0.25) is 11.8 Å². The van der Waals surface area contributed by atoms with E-state index in [4.69, 9.17) is 4.52 Å². The van der Waals surface area contributed by atoms with Crippen molar-refractivity contribution in [1.82, 2.24) is 25.0 Å². The van der Waals surface area contributed by atoms with Gasteiger partial charge >= 0.3 is 0 Å². The van der Waals surface area contributed by atoms with Crippen molar-refractivity contribution < 1.29 is 9.32 Å². The Morgan fingerprint density at radius 1 is 1.29 bits per heavy atom. The molecular formula is C17H21N5O2. The van der Waals surface area contributed by atoms with E-state index in [-0.39, 0.29) is 11.8 Å². The van der Waals surface area contributed by atoms with Crippen LogP contribution in [0, 0.1) is 0 Å². The number of hydrogen-bond acceptors (Lipinski definition) is 6. The standard InChI is InChI=1S/C17H21N5O2/c23-15(6-5-14-7-8-18-11-19-14)22-9-1-2-13(10-22)16-20-17(24-21-16)12-3-4-12/h7-8,11-13H,1-6,9-10H2. The van der Waals surface area contributed by atoms with E-state index in [1.807, 2.05) is 11.0 Å². The number of carbonyl (C=O) groups excluding carboxylic acids is 1. The number of amides is 1. The van der Waals surface area contributed by atoms with Crippen LogP contribution in [-0.2, 0) is 11.2 Å². The molecule has 1 saturated heterocycles. The summed E-state index contributed by atoms with van der Waals surface area (Å²) in [5, 5.41) is 4.15.